The Bertz CT molecular complexity index is 561. The number of carbonyl (C=O) groups excluding carboxylic acids is 1. The van der Waals surface area contributed by atoms with Crippen LogP contribution in [0.4, 0.5) is 5.69 Å². The van der Waals surface area contributed by atoms with Gasteiger partial charge in [-0.2, -0.15) is 0 Å². The fourth-order valence-corrected chi connectivity index (χ4v) is 3.02. The fourth-order valence-electron chi connectivity index (χ4n) is 2.83. The molecule has 3 atom stereocenters. The molecule has 0 saturated heterocycles. The third-order valence-corrected chi connectivity index (χ3v) is 4.18. The monoisotopic (exact) mass is 311 g/mol. The molecule has 5 nitrogen and oxygen atoms in total. The molecule has 2 rings (SSSR count). The molecule has 1 aliphatic rings. The summed E-state index contributed by atoms with van der Waals surface area (Å²) in [4.78, 5) is 23.6. The Kier molecular flexibility index (Phi) is 4.73. The van der Waals surface area contributed by atoms with Crippen molar-refractivity contribution in [1.82, 2.24) is 0 Å². The highest BCUT2D eigenvalue weighted by Crippen LogP contribution is 2.37. The molecule has 21 heavy (non-hydrogen) atoms. The van der Waals surface area contributed by atoms with Crippen LogP contribution in [-0.2, 0) is 9.59 Å². The van der Waals surface area contributed by atoms with E-state index in [1.807, 2.05) is 6.92 Å². The first-order valence-electron chi connectivity index (χ1n) is 6.79. The number of halogens is 1. The first-order valence-corrected chi connectivity index (χ1v) is 7.17. The van der Waals surface area contributed by atoms with Gasteiger partial charge in [0.05, 0.1) is 24.0 Å². The van der Waals surface area contributed by atoms with Crippen LogP contribution >= 0.6 is 11.6 Å². The van der Waals surface area contributed by atoms with Gasteiger partial charge in [-0.15, -0.1) is 0 Å². The molecule has 0 radical (unpaired) electrons. The van der Waals surface area contributed by atoms with Gasteiger partial charge < -0.3 is 15.2 Å². The molecule has 0 heterocycles. The van der Waals surface area contributed by atoms with Gasteiger partial charge in [0.25, 0.3) is 0 Å². The van der Waals surface area contributed by atoms with Crippen molar-refractivity contribution in [2.45, 2.75) is 19.8 Å². The summed E-state index contributed by atoms with van der Waals surface area (Å²) in [6.07, 6.45) is 1.13. The van der Waals surface area contributed by atoms with Gasteiger partial charge in [0.15, 0.2) is 0 Å². The smallest absolute Gasteiger partial charge is 0.307 e. The van der Waals surface area contributed by atoms with E-state index in [0.717, 1.165) is 0 Å². The molecule has 1 aliphatic carbocycles. The Hall–Kier alpha value is -1.75. The molecule has 1 fully saturated rings. The number of aliphatic carboxylic acids is 1. The molecule has 0 aromatic heterocycles. The lowest BCUT2D eigenvalue weighted by atomic mass is 9.95. The maximum absolute atomic E-state index is 12.3. The molecule has 1 amide bonds. The molecule has 0 aliphatic heterocycles. The Morgan fingerprint density at radius 1 is 1.33 bits per heavy atom. The average molecular weight is 312 g/mol. The standard InChI is InChI=1S/C15H18ClNO4/c1-8-5-10(11(6-8)15(19)20)14(18)17-9-3-4-12(16)13(7-9)21-2/h3-4,7-8,10-11H,5-6H2,1-2H3,(H,17,18)(H,19,20). The summed E-state index contributed by atoms with van der Waals surface area (Å²) in [5.41, 5.74) is 0.546. The lowest BCUT2D eigenvalue weighted by Crippen LogP contribution is -2.29. The Balaban J connectivity index is 2.12. The first-order chi connectivity index (χ1) is 9.92. The molecular weight excluding hydrogens is 294 g/mol. The van der Waals surface area contributed by atoms with E-state index in [4.69, 9.17) is 16.3 Å². The topological polar surface area (TPSA) is 75.6 Å². The van der Waals surface area contributed by atoms with Crippen LogP contribution in [0.2, 0.25) is 5.02 Å². The third kappa shape index (κ3) is 3.47. The number of benzene rings is 1. The molecule has 3 unspecified atom stereocenters. The first kappa shape index (κ1) is 15.6. The molecule has 0 spiro atoms. The van der Waals surface area contributed by atoms with Gasteiger partial charge in [-0.05, 0) is 30.9 Å². The second-order valence-electron chi connectivity index (χ2n) is 5.47. The summed E-state index contributed by atoms with van der Waals surface area (Å²) >= 11 is 5.93. The van der Waals surface area contributed by atoms with Gasteiger partial charge >= 0.3 is 5.97 Å². The Morgan fingerprint density at radius 3 is 2.62 bits per heavy atom. The number of rotatable bonds is 4. The van der Waals surface area contributed by atoms with Crippen molar-refractivity contribution in [3.8, 4) is 5.75 Å². The van der Waals surface area contributed by atoms with Crippen LogP contribution in [0.15, 0.2) is 18.2 Å². The summed E-state index contributed by atoms with van der Waals surface area (Å²) in [6.45, 7) is 1.97. The minimum absolute atomic E-state index is 0.238. The quantitative estimate of drug-likeness (QED) is 0.896. The minimum atomic E-state index is -0.909. The van der Waals surface area contributed by atoms with Gasteiger partial charge in [0.1, 0.15) is 5.75 Å². The molecule has 2 N–H and O–H groups in total. The lowest BCUT2D eigenvalue weighted by Gasteiger charge is -2.16. The van der Waals surface area contributed by atoms with Crippen molar-refractivity contribution in [2.24, 2.45) is 17.8 Å². The van der Waals surface area contributed by atoms with Gasteiger partial charge in [0.2, 0.25) is 5.91 Å². The van der Waals surface area contributed by atoms with E-state index in [0.29, 0.717) is 29.3 Å². The van der Waals surface area contributed by atoms with Crippen LogP contribution in [0.5, 0.6) is 5.75 Å². The second kappa shape index (κ2) is 6.35. The number of carbonyl (C=O) groups is 2. The maximum atomic E-state index is 12.3. The highest BCUT2D eigenvalue weighted by Gasteiger charge is 2.41. The predicted molar refractivity (Wildman–Crippen MR) is 79.6 cm³/mol. The molecular formula is C15H18ClNO4. The van der Waals surface area contributed by atoms with Crippen molar-refractivity contribution in [1.29, 1.82) is 0 Å². The zero-order valence-corrected chi connectivity index (χ0v) is 12.7. The van der Waals surface area contributed by atoms with Crippen LogP contribution in [0, 0.1) is 17.8 Å². The van der Waals surface area contributed by atoms with Gasteiger partial charge in [-0.3, -0.25) is 9.59 Å². The van der Waals surface area contributed by atoms with Crippen LogP contribution in [-0.4, -0.2) is 24.1 Å². The Morgan fingerprint density at radius 2 is 2.00 bits per heavy atom. The lowest BCUT2D eigenvalue weighted by molar-refractivity contribution is -0.145. The number of amides is 1. The fraction of sp³-hybridized carbons (Fsp3) is 0.467. The molecule has 114 valence electrons. The molecule has 0 bridgehead atoms. The van der Waals surface area contributed by atoms with E-state index < -0.39 is 17.8 Å². The minimum Gasteiger partial charge on any atom is -0.495 e. The van der Waals surface area contributed by atoms with Crippen LogP contribution < -0.4 is 10.1 Å². The van der Waals surface area contributed by atoms with Crippen molar-refractivity contribution in [2.75, 3.05) is 12.4 Å². The van der Waals surface area contributed by atoms with Gasteiger partial charge in [-0.25, -0.2) is 0 Å². The van der Waals surface area contributed by atoms with Gasteiger partial charge in [0, 0.05) is 11.8 Å². The average Bonchev–Trinajstić information content (AvgIpc) is 2.83. The SMILES string of the molecule is COc1cc(NC(=O)C2CC(C)CC2C(=O)O)ccc1Cl. The summed E-state index contributed by atoms with van der Waals surface area (Å²) in [5, 5.41) is 12.4. The van der Waals surface area contributed by atoms with E-state index in [9.17, 15) is 14.7 Å². The van der Waals surface area contributed by atoms with Crippen LogP contribution in [0.1, 0.15) is 19.8 Å². The maximum Gasteiger partial charge on any atom is 0.307 e. The van der Waals surface area contributed by atoms with E-state index in [1.54, 1.807) is 18.2 Å². The number of anilines is 1. The number of ether oxygens (including phenoxy) is 1. The van der Waals surface area contributed by atoms with Crippen LogP contribution in [0.25, 0.3) is 0 Å². The summed E-state index contributed by atoms with van der Waals surface area (Å²) in [5.74, 6) is -1.59. The molecule has 6 heteroatoms. The molecule has 1 saturated carbocycles. The number of hydrogen-bond acceptors (Lipinski definition) is 3. The number of carboxylic acid groups (broad SMARTS) is 1. The van der Waals surface area contributed by atoms with Crippen molar-refractivity contribution in [3.05, 3.63) is 23.2 Å². The van der Waals surface area contributed by atoms with Crippen molar-refractivity contribution < 1.29 is 19.4 Å². The zero-order chi connectivity index (χ0) is 15.6. The van der Waals surface area contributed by atoms with Crippen molar-refractivity contribution in [3.63, 3.8) is 0 Å². The predicted octanol–water partition coefficient (Wildman–Crippen LogP) is 3.03. The normalized spacial score (nSPS) is 24.6. The second-order valence-corrected chi connectivity index (χ2v) is 5.87. The highest BCUT2D eigenvalue weighted by molar-refractivity contribution is 6.32. The Labute approximate surface area is 128 Å². The molecule has 1 aromatic rings. The van der Waals surface area contributed by atoms with Crippen LogP contribution in [0.3, 0.4) is 0 Å². The summed E-state index contributed by atoms with van der Waals surface area (Å²) in [6, 6.07) is 4.91. The summed E-state index contributed by atoms with van der Waals surface area (Å²) < 4.78 is 5.09. The number of carboxylic acids is 1. The highest BCUT2D eigenvalue weighted by atomic mass is 35.5. The summed E-state index contributed by atoms with van der Waals surface area (Å²) in [7, 11) is 1.49. The van der Waals surface area contributed by atoms with E-state index in [2.05, 4.69) is 5.32 Å². The van der Waals surface area contributed by atoms with E-state index in [1.165, 1.54) is 7.11 Å². The van der Waals surface area contributed by atoms with E-state index in [-0.39, 0.29) is 11.8 Å². The third-order valence-electron chi connectivity index (χ3n) is 3.87. The van der Waals surface area contributed by atoms with E-state index >= 15 is 0 Å². The largest absolute Gasteiger partial charge is 0.495 e. The number of hydrogen-bond donors (Lipinski definition) is 2. The van der Waals surface area contributed by atoms with Gasteiger partial charge in [-0.1, -0.05) is 18.5 Å². The number of nitrogens with one attached hydrogen (secondary N) is 1. The van der Waals surface area contributed by atoms with Crippen molar-refractivity contribution >= 4 is 29.2 Å². The molecule has 1 aromatic carbocycles. The zero-order valence-electron chi connectivity index (χ0n) is 11.9. The number of methoxy groups -OCH3 is 1.